The molecular formula is C14H20N2O3. The number of aliphatic hydroxyl groups is 1. The maximum atomic E-state index is 12.1. The van der Waals surface area contributed by atoms with Gasteiger partial charge in [0.2, 0.25) is 0 Å². The summed E-state index contributed by atoms with van der Waals surface area (Å²) in [5.41, 5.74) is 1.49. The molecule has 1 aliphatic rings. The number of aliphatic hydroxyl groups excluding tert-OH is 1. The van der Waals surface area contributed by atoms with Crippen molar-refractivity contribution < 1.29 is 14.6 Å². The molecule has 2 amide bonds. The third-order valence-electron chi connectivity index (χ3n) is 3.13. The number of hydrogen-bond acceptors (Lipinski definition) is 3. The van der Waals surface area contributed by atoms with Gasteiger partial charge in [0.15, 0.2) is 0 Å². The van der Waals surface area contributed by atoms with Crippen LogP contribution < -0.4 is 5.32 Å². The summed E-state index contributed by atoms with van der Waals surface area (Å²) >= 11 is 0. The summed E-state index contributed by atoms with van der Waals surface area (Å²) in [6.45, 7) is 4.32. The molecule has 0 radical (unpaired) electrons. The van der Waals surface area contributed by atoms with Crippen molar-refractivity contribution in [1.82, 2.24) is 4.90 Å². The van der Waals surface area contributed by atoms with Crippen LogP contribution in [0.25, 0.3) is 0 Å². The monoisotopic (exact) mass is 264 g/mol. The summed E-state index contributed by atoms with van der Waals surface area (Å²) in [6.07, 6.45) is 0.324. The molecule has 1 fully saturated rings. The van der Waals surface area contributed by atoms with Crippen molar-refractivity contribution in [3.05, 3.63) is 29.8 Å². The number of amides is 2. The van der Waals surface area contributed by atoms with E-state index in [0.29, 0.717) is 32.0 Å². The zero-order valence-corrected chi connectivity index (χ0v) is 11.1. The van der Waals surface area contributed by atoms with Crippen molar-refractivity contribution in [2.45, 2.75) is 19.4 Å². The maximum Gasteiger partial charge on any atom is 0.321 e. The minimum atomic E-state index is -0.538. The smallest absolute Gasteiger partial charge is 0.321 e. The van der Waals surface area contributed by atoms with E-state index < -0.39 is 6.10 Å². The van der Waals surface area contributed by atoms with Crippen molar-refractivity contribution in [1.29, 1.82) is 0 Å². The SMILES string of the molecule is CC(O)c1cccc(NC(=O)N2CCCOCC2)c1. The van der Waals surface area contributed by atoms with Crippen LogP contribution >= 0.6 is 0 Å². The van der Waals surface area contributed by atoms with Crippen LogP contribution in [-0.2, 0) is 4.74 Å². The normalized spacial score (nSPS) is 17.7. The van der Waals surface area contributed by atoms with E-state index in [1.54, 1.807) is 17.9 Å². The van der Waals surface area contributed by atoms with Gasteiger partial charge in [-0.15, -0.1) is 0 Å². The van der Waals surface area contributed by atoms with Crippen LogP contribution in [0.2, 0.25) is 0 Å². The van der Waals surface area contributed by atoms with E-state index in [9.17, 15) is 9.90 Å². The molecule has 0 bridgehead atoms. The summed E-state index contributed by atoms with van der Waals surface area (Å²) < 4.78 is 5.32. The van der Waals surface area contributed by atoms with Crippen molar-refractivity contribution in [2.24, 2.45) is 0 Å². The van der Waals surface area contributed by atoms with Crippen LogP contribution in [0.5, 0.6) is 0 Å². The van der Waals surface area contributed by atoms with E-state index in [2.05, 4.69) is 5.32 Å². The van der Waals surface area contributed by atoms with Crippen molar-refractivity contribution in [2.75, 3.05) is 31.6 Å². The van der Waals surface area contributed by atoms with Crippen LogP contribution in [0.4, 0.5) is 10.5 Å². The van der Waals surface area contributed by atoms with Gasteiger partial charge in [0.25, 0.3) is 0 Å². The number of benzene rings is 1. The van der Waals surface area contributed by atoms with E-state index in [4.69, 9.17) is 4.74 Å². The summed E-state index contributed by atoms with van der Waals surface area (Å²) in [6, 6.07) is 7.14. The molecule has 0 spiro atoms. The lowest BCUT2D eigenvalue weighted by molar-refractivity contribution is 0.144. The Hall–Kier alpha value is -1.59. The van der Waals surface area contributed by atoms with E-state index in [-0.39, 0.29) is 6.03 Å². The zero-order valence-electron chi connectivity index (χ0n) is 11.1. The van der Waals surface area contributed by atoms with Crippen LogP contribution in [0.3, 0.4) is 0 Å². The first kappa shape index (κ1) is 13.8. The van der Waals surface area contributed by atoms with Crippen LogP contribution in [0.1, 0.15) is 25.0 Å². The molecule has 2 rings (SSSR count). The molecule has 5 heteroatoms. The van der Waals surface area contributed by atoms with Gasteiger partial charge in [-0.25, -0.2) is 4.79 Å². The van der Waals surface area contributed by atoms with Gasteiger partial charge in [-0.1, -0.05) is 12.1 Å². The molecule has 1 unspecified atom stereocenters. The lowest BCUT2D eigenvalue weighted by Crippen LogP contribution is -2.36. The standard InChI is InChI=1S/C14H20N2O3/c1-11(17)12-4-2-5-13(10-12)15-14(18)16-6-3-8-19-9-7-16/h2,4-5,10-11,17H,3,6-9H2,1H3,(H,15,18). The van der Waals surface area contributed by atoms with E-state index >= 15 is 0 Å². The summed E-state index contributed by atoms with van der Waals surface area (Å²) in [4.78, 5) is 13.9. The number of nitrogens with one attached hydrogen (secondary N) is 1. The first-order valence-electron chi connectivity index (χ1n) is 6.58. The molecule has 5 nitrogen and oxygen atoms in total. The topological polar surface area (TPSA) is 61.8 Å². The highest BCUT2D eigenvalue weighted by Gasteiger charge is 2.15. The van der Waals surface area contributed by atoms with Gasteiger partial charge < -0.3 is 20.1 Å². The number of nitrogens with zero attached hydrogens (tertiary/aromatic N) is 1. The molecule has 19 heavy (non-hydrogen) atoms. The van der Waals surface area contributed by atoms with Crippen LogP contribution in [0, 0.1) is 0 Å². The van der Waals surface area contributed by atoms with Gasteiger partial charge >= 0.3 is 6.03 Å². The Morgan fingerprint density at radius 3 is 3.05 bits per heavy atom. The number of anilines is 1. The third-order valence-corrected chi connectivity index (χ3v) is 3.13. The number of hydrogen-bond donors (Lipinski definition) is 2. The molecule has 1 aromatic rings. The second-order valence-corrected chi connectivity index (χ2v) is 4.68. The van der Waals surface area contributed by atoms with Crippen molar-refractivity contribution >= 4 is 11.7 Å². The Labute approximate surface area is 113 Å². The van der Waals surface area contributed by atoms with Gasteiger partial charge in [-0.2, -0.15) is 0 Å². The average Bonchev–Trinajstić information content (AvgIpc) is 2.68. The molecular weight excluding hydrogens is 244 g/mol. The number of carbonyl (C=O) groups excluding carboxylic acids is 1. The van der Waals surface area contributed by atoms with Crippen LogP contribution in [-0.4, -0.2) is 42.3 Å². The highest BCUT2D eigenvalue weighted by Crippen LogP contribution is 2.17. The van der Waals surface area contributed by atoms with Gasteiger partial charge in [0, 0.05) is 25.4 Å². The minimum absolute atomic E-state index is 0.117. The fraction of sp³-hybridized carbons (Fsp3) is 0.500. The number of rotatable bonds is 2. The quantitative estimate of drug-likeness (QED) is 0.858. The Balaban J connectivity index is 1.99. The lowest BCUT2D eigenvalue weighted by atomic mass is 10.1. The molecule has 0 aromatic heterocycles. The molecule has 0 aliphatic carbocycles. The molecule has 2 N–H and O–H groups in total. The fourth-order valence-electron chi connectivity index (χ4n) is 2.03. The molecule has 1 heterocycles. The average molecular weight is 264 g/mol. The Morgan fingerprint density at radius 2 is 2.26 bits per heavy atom. The van der Waals surface area contributed by atoms with Gasteiger partial charge in [0.05, 0.1) is 12.7 Å². The van der Waals surface area contributed by atoms with Crippen molar-refractivity contribution in [3.63, 3.8) is 0 Å². The highest BCUT2D eigenvalue weighted by molar-refractivity contribution is 5.89. The molecule has 1 atom stereocenters. The second kappa shape index (κ2) is 6.54. The Bertz CT molecular complexity index is 426. The number of urea groups is 1. The number of ether oxygens (including phenoxy) is 1. The Morgan fingerprint density at radius 1 is 1.42 bits per heavy atom. The minimum Gasteiger partial charge on any atom is -0.389 e. The number of carbonyl (C=O) groups is 1. The second-order valence-electron chi connectivity index (χ2n) is 4.68. The van der Waals surface area contributed by atoms with Gasteiger partial charge in [0.1, 0.15) is 0 Å². The van der Waals surface area contributed by atoms with Gasteiger partial charge in [-0.3, -0.25) is 0 Å². The van der Waals surface area contributed by atoms with E-state index in [1.807, 2.05) is 18.2 Å². The van der Waals surface area contributed by atoms with Crippen LogP contribution in [0.15, 0.2) is 24.3 Å². The third kappa shape index (κ3) is 3.94. The van der Waals surface area contributed by atoms with Crippen molar-refractivity contribution in [3.8, 4) is 0 Å². The molecule has 1 aliphatic heterocycles. The highest BCUT2D eigenvalue weighted by atomic mass is 16.5. The lowest BCUT2D eigenvalue weighted by Gasteiger charge is -2.20. The summed E-state index contributed by atoms with van der Waals surface area (Å²) in [5, 5.41) is 12.4. The largest absolute Gasteiger partial charge is 0.389 e. The molecule has 104 valence electrons. The van der Waals surface area contributed by atoms with Gasteiger partial charge in [-0.05, 0) is 31.0 Å². The molecule has 1 saturated heterocycles. The molecule has 1 aromatic carbocycles. The van der Waals surface area contributed by atoms with E-state index in [0.717, 1.165) is 12.0 Å². The summed E-state index contributed by atoms with van der Waals surface area (Å²) in [7, 11) is 0. The predicted molar refractivity (Wildman–Crippen MR) is 73.1 cm³/mol. The zero-order chi connectivity index (χ0) is 13.7. The maximum absolute atomic E-state index is 12.1. The predicted octanol–water partition coefficient (Wildman–Crippen LogP) is 1.99. The fourth-order valence-corrected chi connectivity index (χ4v) is 2.03. The first-order chi connectivity index (χ1) is 9.16. The Kier molecular flexibility index (Phi) is 4.76. The summed E-state index contributed by atoms with van der Waals surface area (Å²) in [5.74, 6) is 0. The van der Waals surface area contributed by atoms with E-state index in [1.165, 1.54) is 0 Å². The molecule has 0 saturated carbocycles. The first-order valence-corrected chi connectivity index (χ1v) is 6.58.